The molecular formula is C53H36Cl4N4O2S. The SMILES string of the molecule is O=C1N(c2ccccc2)C(=S)N(c2ccccc2)C(=O)C12C(c1ccc(Cl)cc1)/C(=C/c1ccc(Cl)cc1)C1=NN(c3ccccc3)C(c3ccc(Cl)cc3)C1C2c1ccc(Cl)cc1. The molecule has 0 bridgehead atoms. The first-order valence-corrected chi connectivity index (χ1v) is 22.6. The van der Waals surface area contributed by atoms with Crippen LogP contribution in [0, 0.1) is 11.3 Å². The van der Waals surface area contributed by atoms with Crippen LogP contribution in [0.1, 0.15) is 40.1 Å². The van der Waals surface area contributed by atoms with Gasteiger partial charge in [0.05, 0.1) is 28.8 Å². The van der Waals surface area contributed by atoms with Crippen molar-refractivity contribution in [2.45, 2.75) is 17.9 Å². The fourth-order valence-corrected chi connectivity index (χ4v) is 10.7. The predicted molar refractivity (Wildman–Crippen MR) is 265 cm³/mol. The number of hydrogen-bond donors (Lipinski definition) is 0. The molecule has 1 spiro atoms. The number of allylic oxidation sites excluding steroid dienone is 1. The summed E-state index contributed by atoms with van der Waals surface area (Å²) >= 11 is 32.7. The highest BCUT2D eigenvalue weighted by Crippen LogP contribution is 2.66. The van der Waals surface area contributed by atoms with Gasteiger partial charge >= 0.3 is 0 Å². The molecule has 2 heterocycles. The van der Waals surface area contributed by atoms with Gasteiger partial charge in [0.2, 0.25) is 0 Å². The van der Waals surface area contributed by atoms with E-state index in [4.69, 9.17) is 63.7 Å². The molecule has 7 aromatic carbocycles. The Hall–Kier alpha value is -6.06. The van der Waals surface area contributed by atoms with E-state index in [2.05, 4.69) is 0 Å². The fourth-order valence-electron chi connectivity index (χ4n) is 9.79. The van der Waals surface area contributed by atoms with Gasteiger partial charge in [-0.05, 0) is 131 Å². The van der Waals surface area contributed by atoms with Gasteiger partial charge in [-0.2, -0.15) is 5.10 Å². The Morgan fingerprint density at radius 1 is 0.500 bits per heavy atom. The molecule has 2 aliphatic heterocycles. The lowest BCUT2D eigenvalue weighted by Crippen LogP contribution is -2.71. The molecule has 64 heavy (non-hydrogen) atoms. The van der Waals surface area contributed by atoms with Crippen LogP contribution in [0.15, 0.2) is 199 Å². The van der Waals surface area contributed by atoms with Crippen LogP contribution in [-0.4, -0.2) is 22.6 Å². The standard InChI is InChI=1S/C53H36Cl4N4O2S/c54-37-24-16-33(17-25-37)32-44-46(34-18-26-38(55)27-19-34)53(50(62)59(41-10-4-1-5-11-41)52(64)60(51(53)63)42-12-6-2-7-13-42)47(35-20-28-39(56)29-21-35)45-48(44)58-61(43-14-8-3-9-15-43)49(45)36-22-30-40(57)31-23-36/h1-32,45-47,49H/b44-32-. The quantitative estimate of drug-likeness (QED) is 0.118. The topological polar surface area (TPSA) is 56.2 Å². The number of anilines is 3. The Kier molecular flexibility index (Phi) is 11.2. The van der Waals surface area contributed by atoms with Crippen LogP contribution in [0.3, 0.4) is 0 Å². The molecule has 6 nitrogen and oxygen atoms in total. The molecule has 3 aliphatic rings. The van der Waals surface area contributed by atoms with E-state index in [0.29, 0.717) is 48.3 Å². The average Bonchev–Trinajstić information content (AvgIpc) is 3.71. The zero-order chi connectivity index (χ0) is 44.1. The fraction of sp³-hybridized carbons (Fsp3) is 0.0943. The molecule has 2 fully saturated rings. The van der Waals surface area contributed by atoms with Crippen molar-refractivity contribution in [2.24, 2.45) is 16.4 Å². The van der Waals surface area contributed by atoms with Gasteiger partial charge in [0, 0.05) is 37.8 Å². The summed E-state index contributed by atoms with van der Waals surface area (Å²) in [6, 6.07) is 58.0. The molecule has 4 atom stereocenters. The third kappa shape index (κ3) is 7.13. The van der Waals surface area contributed by atoms with Gasteiger partial charge in [0.25, 0.3) is 11.8 Å². The number of hydrazone groups is 1. The number of nitrogens with zero attached hydrogens (tertiary/aromatic N) is 4. The van der Waals surface area contributed by atoms with Gasteiger partial charge in [-0.1, -0.05) is 150 Å². The van der Waals surface area contributed by atoms with Crippen LogP contribution >= 0.6 is 58.6 Å². The lowest BCUT2D eigenvalue weighted by molar-refractivity contribution is -0.144. The number of halogens is 4. The van der Waals surface area contributed by atoms with E-state index < -0.39 is 41.0 Å². The van der Waals surface area contributed by atoms with Gasteiger partial charge in [0.15, 0.2) is 5.11 Å². The van der Waals surface area contributed by atoms with E-state index in [-0.39, 0.29) is 5.11 Å². The van der Waals surface area contributed by atoms with E-state index in [1.165, 1.54) is 0 Å². The van der Waals surface area contributed by atoms with Crippen LogP contribution in [0.4, 0.5) is 17.1 Å². The molecule has 7 aromatic rings. The van der Waals surface area contributed by atoms with Crippen molar-refractivity contribution in [1.82, 2.24) is 0 Å². The van der Waals surface area contributed by atoms with Crippen molar-refractivity contribution in [3.63, 3.8) is 0 Å². The number of benzene rings is 7. The van der Waals surface area contributed by atoms with Gasteiger partial charge in [-0.3, -0.25) is 24.4 Å². The average molecular weight is 935 g/mol. The van der Waals surface area contributed by atoms with Gasteiger partial charge in [-0.25, -0.2) is 0 Å². The zero-order valence-corrected chi connectivity index (χ0v) is 37.7. The maximum absolute atomic E-state index is 16.9. The highest BCUT2D eigenvalue weighted by atomic mass is 35.5. The molecule has 1 saturated carbocycles. The first-order valence-electron chi connectivity index (χ1n) is 20.6. The highest BCUT2D eigenvalue weighted by Gasteiger charge is 2.72. The lowest BCUT2D eigenvalue weighted by atomic mass is 9.48. The molecule has 0 radical (unpaired) electrons. The van der Waals surface area contributed by atoms with Gasteiger partial charge < -0.3 is 0 Å². The summed E-state index contributed by atoms with van der Waals surface area (Å²) in [6.45, 7) is 0. The van der Waals surface area contributed by atoms with Crippen molar-refractivity contribution in [3.05, 3.63) is 236 Å². The first-order chi connectivity index (χ1) is 31.1. The van der Waals surface area contributed by atoms with Crippen molar-refractivity contribution < 1.29 is 9.59 Å². The summed E-state index contributed by atoms with van der Waals surface area (Å²) < 4.78 is 0. The number of thiocarbonyl (C=S) groups is 1. The first kappa shape index (κ1) is 41.9. The Morgan fingerprint density at radius 3 is 1.38 bits per heavy atom. The van der Waals surface area contributed by atoms with Crippen LogP contribution < -0.4 is 14.8 Å². The van der Waals surface area contributed by atoms with Crippen LogP contribution in [0.25, 0.3) is 6.08 Å². The largest absolute Gasteiger partial charge is 0.273 e. The summed E-state index contributed by atoms with van der Waals surface area (Å²) in [5, 5.41) is 9.83. The maximum Gasteiger partial charge on any atom is 0.250 e. The van der Waals surface area contributed by atoms with E-state index in [9.17, 15) is 0 Å². The van der Waals surface area contributed by atoms with Crippen molar-refractivity contribution in [1.29, 1.82) is 0 Å². The van der Waals surface area contributed by atoms with Crippen molar-refractivity contribution >= 4 is 104 Å². The van der Waals surface area contributed by atoms with E-state index in [1.54, 1.807) is 21.9 Å². The minimum absolute atomic E-state index is 0.0389. The molecule has 1 saturated heterocycles. The van der Waals surface area contributed by atoms with E-state index in [0.717, 1.165) is 22.4 Å². The molecule has 0 N–H and O–H groups in total. The second-order valence-electron chi connectivity index (χ2n) is 16.0. The third-order valence-electron chi connectivity index (χ3n) is 12.4. The van der Waals surface area contributed by atoms with Crippen molar-refractivity contribution in [2.75, 3.05) is 14.8 Å². The number of carbonyl (C=O) groups is 2. The zero-order valence-electron chi connectivity index (χ0n) is 33.8. The second kappa shape index (κ2) is 17.1. The molecular weight excluding hydrogens is 898 g/mol. The second-order valence-corrected chi connectivity index (χ2v) is 18.1. The minimum Gasteiger partial charge on any atom is -0.273 e. The molecule has 1 aliphatic carbocycles. The molecule has 10 rings (SSSR count). The number of fused-ring (bicyclic) bond motifs is 1. The molecule has 11 heteroatoms. The summed E-state index contributed by atoms with van der Waals surface area (Å²) in [7, 11) is 0. The molecule has 2 amide bonds. The monoisotopic (exact) mass is 932 g/mol. The van der Waals surface area contributed by atoms with Crippen LogP contribution in [0.5, 0.6) is 0 Å². The third-order valence-corrected chi connectivity index (χ3v) is 13.8. The molecule has 4 unspecified atom stereocenters. The van der Waals surface area contributed by atoms with Gasteiger partial charge in [0.1, 0.15) is 5.41 Å². The van der Waals surface area contributed by atoms with Gasteiger partial charge in [-0.15, -0.1) is 0 Å². The maximum atomic E-state index is 16.9. The highest BCUT2D eigenvalue weighted by molar-refractivity contribution is 7.81. The summed E-state index contributed by atoms with van der Waals surface area (Å²) in [5.41, 5.74) is 4.35. The Bertz CT molecular complexity index is 2890. The van der Waals surface area contributed by atoms with Crippen molar-refractivity contribution in [3.8, 4) is 0 Å². The summed E-state index contributed by atoms with van der Waals surface area (Å²) in [6.07, 6.45) is 2.04. The summed E-state index contributed by atoms with van der Waals surface area (Å²) in [5.74, 6) is -3.48. The lowest BCUT2D eigenvalue weighted by Gasteiger charge is -2.57. The van der Waals surface area contributed by atoms with E-state index in [1.807, 2.05) is 187 Å². The molecule has 0 aromatic heterocycles. The predicted octanol–water partition coefficient (Wildman–Crippen LogP) is 13.8. The summed E-state index contributed by atoms with van der Waals surface area (Å²) in [4.78, 5) is 36.9. The smallest absolute Gasteiger partial charge is 0.250 e. The number of amides is 2. The Balaban J connectivity index is 1.39. The molecule has 314 valence electrons. The minimum atomic E-state index is -1.96. The number of para-hydroxylation sites is 3. The Labute approximate surface area is 396 Å². The van der Waals surface area contributed by atoms with Crippen LogP contribution in [0.2, 0.25) is 20.1 Å². The van der Waals surface area contributed by atoms with E-state index >= 15 is 9.59 Å². The normalized spacial score (nSPS) is 21.1. The number of hydrogen-bond acceptors (Lipinski definition) is 5. The number of carbonyl (C=O) groups excluding carboxylic acids is 2. The number of rotatable bonds is 7. The van der Waals surface area contributed by atoms with Crippen LogP contribution in [-0.2, 0) is 9.59 Å². The Morgan fingerprint density at radius 2 is 0.906 bits per heavy atom.